The van der Waals surface area contributed by atoms with Gasteiger partial charge in [0, 0.05) is 28.0 Å². The molecule has 0 radical (unpaired) electrons. The Labute approximate surface area is 231 Å². The number of carboxylic acid groups (broad SMARTS) is 1. The lowest BCUT2D eigenvalue weighted by molar-refractivity contribution is -0.140. The van der Waals surface area contributed by atoms with Crippen LogP contribution in [0, 0.1) is 5.92 Å². The fraction of sp³-hybridized carbons (Fsp3) is 0.214. The number of hydrogen-bond donors (Lipinski definition) is 2. The molecule has 4 aromatic rings. The molecule has 0 saturated carbocycles. The number of pyridine rings is 1. The molecule has 2 unspecified atom stereocenters. The quantitative estimate of drug-likeness (QED) is 0.217. The summed E-state index contributed by atoms with van der Waals surface area (Å²) >= 11 is 7.27. The predicted molar refractivity (Wildman–Crippen MR) is 151 cm³/mol. The van der Waals surface area contributed by atoms with Crippen LogP contribution in [0.15, 0.2) is 89.8 Å². The van der Waals surface area contributed by atoms with E-state index in [2.05, 4.69) is 9.71 Å². The van der Waals surface area contributed by atoms with Crippen LogP contribution in [0.4, 0.5) is 0 Å². The van der Waals surface area contributed by atoms with Gasteiger partial charge in [0.15, 0.2) is 0 Å². The van der Waals surface area contributed by atoms with E-state index in [1.807, 2.05) is 60.7 Å². The maximum Gasteiger partial charge on any atom is 0.307 e. The second-order valence-electron chi connectivity index (χ2n) is 8.72. The molecule has 3 aromatic carbocycles. The van der Waals surface area contributed by atoms with Crippen LogP contribution in [-0.4, -0.2) is 36.8 Å². The van der Waals surface area contributed by atoms with E-state index >= 15 is 0 Å². The van der Waals surface area contributed by atoms with Gasteiger partial charge >= 0.3 is 5.97 Å². The number of halogens is 1. The van der Waals surface area contributed by atoms with Gasteiger partial charge in [0.2, 0.25) is 10.0 Å². The zero-order chi connectivity index (χ0) is 27.1. The van der Waals surface area contributed by atoms with Crippen LogP contribution in [0.2, 0.25) is 5.02 Å². The molecule has 4 rings (SSSR count). The van der Waals surface area contributed by atoms with E-state index in [0.717, 1.165) is 22.2 Å². The average Bonchev–Trinajstić information content (AvgIpc) is 2.92. The molecule has 10 heteroatoms. The first-order valence-electron chi connectivity index (χ1n) is 11.9. The van der Waals surface area contributed by atoms with E-state index in [9.17, 15) is 18.3 Å². The smallest absolute Gasteiger partial charge is 0.307 e. The Morgan fingerprint density at radius 1 is 1.05 bits per heavy atom. The normalized spacial score (nSPS) is 13.2. The van der Waals surface area contributed by atoms with Gasteiger partial charge in [-0.05, 0) is 54.1 Å². The molecule has 0 amide bonds. The molecular weight excluding hydrogens is 544 g/mol. The average molecular weight is 571 g/mol. The van der Waals surface area contributed by atoms with Gasteiger partial charge in [0.25, 0.3) is 0 Å². The van der Waals surface area contributed by atoms with Gasteiger partial charge in [0.1, 0.15) is 12.4 Å². The van der Waals surface area contributed by atoms with Crippen LogP contribution in [0.5, 0.6) is 5.75 Å². The molecule has 0 aliphatic heterocycles. The number of sulfonamides is 1. The molecule has 2 atom stereocenters. The van der Waals surface area contributed by atoms with Gasteiger partial charge in [0.05, 0.1) is 22.0 Å². The number of fused-ring (bicyclic) bond motifs is 1. The highest BCUT2D eigenvalue weighted by molar-refractivity contribution is 7.99. The van der Waals surface area contributed by atoms with Crippen LogP contribution in [0.3, 0.4) is 0 Å². The van der Waals surface area contributed by atoms with Crippen molar-refractivity contribution in [2.75, 3.05) is 12.3 Å². The Morgan fingerprint density at radius 2 is 1.82 bits per heavy atom. The summed E-state index contributed by atoms with van der Waals surface area (Å²) in [6, 6.07) is 25.1. The lowest BCUT2D eigenvalue weighted by Crippen LogP contribution is -2.28. The van der Waals surface area contributed by atoms with Gasteiger partial charge < -0.3 is 9.84 Å². The monoisotopic (exact) mass is 570 g/mol. The number of thioether (sulfide) groups is 1. The van der Waals surface area contributed by atoms with E-state index in [1.54, 1.807) is 6.92 Å². The zero-order valence-corrected chi connectivity index (χ0v) is 23.0. The lowest BCUT2D eigenvalue weighted by Gasteiger charge is -2.20. The number of nitrogens with one attached hydrogen (secondary N) is 1. The number of hydrogen-bond acceptors (Lipinski definition) is 6. The van der Waals surface area contributed by atoms with E-state index in [-0.39, 0.29) is 23.3 Å². The van der Waals surface area contributed by atoms with E-state index in [1.165, 1.54) is 36.0 Å². The number of nitrogens with zero attached hydrogens (tertiary/aromatic N) is 1. The third kappa shape index (κ3) is 7.48. The molecule has 38 heavy (non-hydrogen) atoms. The SMILES string of the molecule is CC(CSC(CNS(=O)(=O)c1ccc(Cl)cc1)c1cccc(OCc2ccc3ccccc3n2)c1)C(=O)O. The summed E-state index contributed by atoms with van der Waals surface area (Å²) in [6.07, 6.45) is 0. The van der Waals surface area contributed by atoms with Crippen LogP contribution in [-0.2, 0) is 21.4 Å². The van der Waals surface area contributed by atoms with Gasteiger partial charge in [-0.15, -0.1) is 0 Å². The lowest BCUT2D eigenvalue weighted by atomic mass is 10.1. The molecule has 198 valence electrons. The summed E-state index contributed by atoms with van der Waals surface area (Å²) in [5.74, 6) is -0.573. The highest BCUT2D eigenvalue weighted by atomic mass is 35.5. The fourth-order valence-electron chi connectivity index (χ4n) is 3.64. The topological polar surface area (TPSA) is 106 Å². The predicted octanol–water partition coefficient (Wildman–Crippen LogP) is 5.94. The van der Waals surface area contributed by atoms with E-state index in [0.29, 0.717) is 16.5 Å². The Balaban J connectivity index is 1.49. The second kappa shape index (κ2) is 12.6. The second-order valence-corrected chi connectivity index (χ2v) is 12.2. The first-order valence-corrected chi connectivity index (χ1v) is 14.8. The number of para-hydroxylation sites is 1. The van der Waals surface area contributed by atoms with Crippen LogP contribution >= 0.6 is 23.4 Å². The molecule has 0 fully saturated rings. The van der Waals surface area contributed by atoms with Crippen molar-refractivity contribution >= 4 is 50.3 Å². The number of aromatic nitrogens is 1. The third-order valence-corrected chi connectivity index (χ3v) is 9.05. The number of rotatable bonds is 12. The Hall–Kier alpha value is -3.11. The van der Waals surface area contributed by atoms with Gasteiger partial charge in [-0.2, -0.15) is 11.8 Å². The van der Waals surface area contributed by atoms with Crippen molar-refractivity contribution < 1.29 is 23.1 Å². The van der Waals surface area contributed by atoms with Crippen LogP contribution in [0.25, 0.3) is 10.9 Å². The van der Waals surface area contributed by atoms with E-state index in [4.69, 9.17) is 16.3 Å². The van der Waals surface area contributed by atoms with Crippen molar-refractivity contribution in [2.45, 2.75) is 23.7 Å². The Bertz CT molecular complexity index is 1510. The first-order chi connectivity index (χ1) is 18.2. The summed E-state index contributed by atoms with van der Waals surface area (Å²) in [7, 11) is -3.79. The molecule has 0 aliphatic rings. The fourth-order valence-corrected chi connectivity index (χ4v) is 6.12. The standard InChI is InChI=1S/C28H27ClN2O5S2/c1-19(28(32)33)18-37-27(16-30-38(34,35)25-13-10-22(29)11-14-25)21-6-4-7-24(15-21)36-17-23-12-9-20-5-2-3-8-26(20)31-23/h2-15,19,27,30H,16-18H2,1H3,(H,32,33). The summed E-state index contributed by atoms with van der Waals surface area (Å²) in [5.41, 5.74) is 2.49. The zero-order valence-electron chi connectivity index (χ0n) is 20.6. The van der Waals surface area contributed by atoms with Crippen molar-refractivity contribution in [3.63, 3.8) is 0 Å². The van der Waals surface area contributed by atoms with Crippen molar-refractivity contribution in [3.8, 4) is 5.75 Å². The minimum Gasteiger partial charge on any atom is -0.487 e. The molecule has 1 aromatic heterocycles. The summed E-state index contributed by atoms with van der Waals surface area (Å²) in [4.78, 5) is 16.1. The highest BCUT2D eigenvalue weighted by Crippen LogP contribution is 2.32. The number of benzene rings is 3. The molecule has 0 bridgehead atoms. The summed E-state index contributed by atoms with van der Waals surface area (Å²) in [5, 5.41) is 10.5. The van der Waals surface area contributed by atoms with E-state index < -0.39 is 21.9 Å². The number of ether oxygens (including phenoxy) is 1. The minimum atomic E-state index is -3.79. The first kappa shape index (κ1) is 27.9. The van der Waals surface area contributed by atoms with Crippen molar-refractivity contribution in [2.24, 2.45) is 5.92 Å². The molecule has 1 heterocycles. The molecule has 2 N–H and O–H groups in total. The maximum absolute atomic E-state index is 12.9. The summed E-state index contributed by atoms with van der Waals surface area (Å²) < 4.78 is 34.4. The Kier molecular flexibility index (Phi) is 9.27. The Morgan fingerprint density at radius 3 is 2.58 bits per heavy atom. The largest absolute Gasteiger partial charge is 0.487 e. The molecule has 0 aliphatic carbocycles. The van der Waals surface area contributed by atoms with Crippen LogP contribution < -0.4 is 9.46 Å². The highest BCUT2D eigenvalue weighted by Gasteiger charge is 2.21. The third-order valence-electron chi connectivity index (χ3n) is 5.82. The van der Waals surface area contributed by atoms with Gasteiger partial charge in [-0.1, -0.05) is 54.9 Å². The van der Waals surface area contributed by atoms with Gasteiger partial charge in [-0.25, -0.2) is 18.1 Å². The number of carbonyl (C=O) groups is 1. The maximum atomic E-state index is 12.9. The van der Waals surface area contributed by atoms with Crippen LogP contribution in [0.1, 0.15) is 23.4 Å². The molecular formula is C28H27ClN2O5S2. The minimum absolute atomic E-state index is 0.0671. The molecule has 0 spiro atoms. The van der Waals surface area contributed by atoms with Gasteiger partial charge in [-0.3, -0.25) is 4.79 Å². The summed E-state index contributed by atoms with van der Waals surface area (Å²) in [6.45, 7) is 1.96. The van der Waals surface area contributed by atoms with Crippen molar-refractivity contribution in [1.82, 2.24) is 9.71 Å². The number of aliphatic carboxylic acids is 1. The number of carboxylic acids is 1. The molecule has 7 nitrogen and oxygen atoms in total. The molecule has 0 saturated heterocycles. The van der Waals surface area contributed by atoms with Crippen molar-refractivity contribution in [3.05, 3.63) is 101 Å². The van der Waals surface area contributed by atoms with Crippen molar-refractivity contribution in [1.29, 1.82) is 0 Å².